The number of nitrogens with zero attached hydrogens (tertiary/aromatic N) is 4. The summed E-state index contributed by atoms with van der Waals surface area (Å²) in [5.41, 5.74) is 0.299. The number of aromatic nitrogens is 5. The van der Waals surface area contributed by atoms with Crippen LogP contribution in [0, 0.1) is 0 Å². The van der Waals surface area contributed by atoms with Gasteiger partial charge < -0.3 is 15.6 Å². The monoisotopic (exact) mass is 461 g/mol. The summed E-state index contributed by atoms with van der Waals surface area (Å²) >= 11 is 1.34. The summed E-state index contributed by atoms with van der Waals surface area (Å²) in [6, 6.07) is 1.61. The molecule has 1 saturated heterocycles. The zero-order chi connectivity index (χ0) is 22.3. The van der Waals surface area contributed by atoms with Crippen LogP contribution in [0.1, 0.15) is 18.4 Å². The Kier molecular flexibility index (Phi) is 5.18. The first-order valence-electron chi connectivity index (χ1n) is 9.95. The molecule has 166 valence electrons. The number of nitrogens with one attached hydrogen (secondary N) is 3. The lowest BCUT2D eigenvalue weighted by Gasteiger charge is -2.24. The summed E-state index contributed by atoms with van der Waals surface area (Å²) in [7, 11) is 0. The lowest BCUT2D eigenvalue weighted by molar-refractivity contribution is -0.137. The van der Waals surface area contributed by atoms with E-state index in [-0.39, 0.29) is 28.8 Å². The highest BCUT2D eigenvalue weighted by Gasteiger charge is 2.36. The number of H-pyrrole nitrogens is 1. The van der Waals surface area contributed by atoms with Crippen molar-refractivity contribution in [3.63, 3.8) is 0 Å². The zero-order valence-electron chi connectivity index (χ0n) is 16.6. The Bertz CT molecular complexity index is 1310. The summed E-state index contributed by atoms with van der Waals surface area (Å²) in [4.78, 5) is 28.0. The largest absolute Gasteiger partial charge is 0.419 e. The van der Waals surface area contributed by atoms with Crippen LogP contribution in [0.25, 0.3) is 28.0 Å². The van der Waals surface area contributed by atoms with Crippen molar-refractivity contribution in [3.05, 3.63) is 51.5 Å². The van der Waals surface area contributed by atoms with Crippen molar-refractivity contribution in [2.24, 2.45) is 0 Å². The number of hydrogen-bond acceptors (Lipinski definition) is 7. The molecule has 1 aliphatic heterocycles. The van der Waals surface area contributed by atoms with Gasteiger partial charge in [-0.2, -0.15) is 13.2 Å². The van der Waals surface area contributed by atoms with E-state index in [0.29, 0.717) is 17.7 Å². The fraction of sp³-hybridized carbons (Fsp3) is 0.300. The predicted molar refractivity (Wildman–Crippen MR) is 115 cm³/mol. The summed E-state index contributed by atoms with van der Waals surface area (Å²) < 4.78 is 42.6. The van der Waals surface area contributed by atoms with Gasteiger partial charge in [0.05, 0.1) is 11.2 Å². The molecule has 0 aromatic carbocycles. The van der Waals surface area contributed by atoms with E-state index in [1.165, 1.54) is 28.3 Å². The molecule has 0 aliphatic carbocycles. The summed E-state index contributed by atoms with van der Waals surface area (Å²) in [6.45, 7) is 1.59. The van der Waals surface area contributed by atoms with Gasteiger partial charge >= 0.3 is 6.18 Å². The van der Waals surface area contributed by atoms with E-state index in [0.717, 1.165) is 25.6 Å². The number of alkyl halides is 3. The SMILES string of the molecule is O=c1c2[nH]cc(-c3nc(N[C@H]4CCCNC4)ncc3C(F)(F)F)c2ccn1-c1cscn1. The minimum Gasteiger partial charge on any atom is -0.356 e. The molecule has 0 radical (unpaired) electrons. The Morgan fingerprint density at radius 2 is 2.16 bits per heavy atom. The number of piperidine rings is 1. The molecule has 1 atom stereocenters. The highest BCUT2D eigenvalue weighted by atomic mass is 32.1. The van der Waals surface area contributed by atoms with Gasteiger partial charge in [-0.05, 0) is 25.5 Å². The molecular weight excluding hydrogens is 443 g/mol. The first-order chi connectivity index (χ1) is 15.4. The zero-order valence-corrected chi connectivity index (χ0v) is 17.4. The van der Waals surface area contributed by atoms with E-state index in [1.54, 1.807) is 17.0 Å². The molecule has 5 rings (SSSR count). The third-order valence-corrected chi connectivity index (χ3v) is 5.96. The van der Waals surface area contributed by atoms with Gasteiger partial charge in [0.15, 0.2) is 5.82 Å². The molecule has 0 amide bonds. The van der Waals surface area contributed by atoms with Crippen LogP contribution in [-0.4, -0.2) is 43.6 Å². The number of hydrogen-bond donors (Lipinski definition) is 3. The minimum atomic E-state index is -4.65. The fourth-order valence-electron chi connectivity index (χ4n) is 3.84. The predicted octanol–water partition coefficient (Wildman–Crippen LogP) is 3.42. The average Bonchev–Trinajstić information content (AvgIpc) is 3.44. The molecule has 5 heterocycles. The Morgan fingerprint density at radius 3 is 2.88 bits per heavy atom. The highest BCUT2D eigenvalue weighted by Crippen LogP contribution is 2.38. The Labute approximate surface area is 183 Å². The van der Waals surface area contributed by atoms with Crippen molar-refractivity contribution in [2.45, 2.75) is 25.1 Å². The van der Waals surface area contributed by atoms with Gasteiger partial charge in [0.2, 0.25) is 5.95 Å². The highest BCUT2D eigenvalue weighted by molar-refractivity contribution is 7.07. The molecule has 32 heavy (non-hydrogen) atoms. The molecule has 0 spiro atoms. The molecule has 3 N–H and O–H groups in total. The topological polar surface area (TPSA) is 101 Å². The maximum atomic E-state index is 13.8. The molecule has 0 saturated carbocycles. The van der Waals surface area contributed by atoms with Crippen LogP contribution in [0.4, 0.5) is 19.1 Å². The lowest BCUT2D eigenvalue weighted by Crippen LogP contribution is -2.38. The van der Waals surface area contributed by atoms with Crippen LogP contribution >= 0.6 is 11.3 Å². The van der Waals surface area contributed by atoms with Crippen LogP contribution < -0.4 is 16.2 Å². The first kappa shape index (κ1) is 20.6. The van der Waals surface area contributed by atoms with Crippen molar-refractivity contribution in [3.8, 4) is 17.1 Å². The van der Waals surface area contributed by atoms with Crippen LogP contribution in [0.5, 0.6) is 0 Å². The van der Waals surface area contributed by atoms with Crippen molar-refractivity contribution in [1.82, 2.24) is 29.8 Å². The first-order valence-corrected chi connectivity index (χ1v) is 10.9. The number of aromatic amines is 1. The van der Waals surface area contributed by atoms with Gasteiger partial charge in [-0.15, -0.1) is 11.3 Å². The van der Waals surface area contributed by atoms with E-state index < -0.39 is 17.3 Å². The van der Waals surface area contributed by atoms with E-state index in [2.05, 4.69) is 30.6 Å². The standard InChI is InChI=1S/C20H18F3N7OS/c21-20(22,23)14-8-26-19(28-11-2-1-4-24-6-11)29-16(14)13-7-25-17-12(13)3-5-30(18(17)31)15-9-32-10-27-15/h3,5,7-11,24-25H,1-2,4,6H2,(H,26,28,29)/t11-/m0/s1. The molecule has 4 aromatic heterocycles. The van der Waals surface area contributed by atoms with Crippen molar-refractivity contribution in [2.75, 3.05) is 18.4 Å². The maximum Gasteiger partial charge on any atom is 0.419 e. The van der Waals surface area contributed by atoms with Gasteiger partial charge in [0.1, 0.15) is 11.1 Å². The van der Waals surface area contributed by atoms with Gasteiger partial charge in [-0.1, -0.05) is 0 Å². The van der Waals surface area contributed by atoms with Gasteiger partial charge in [-0.25, -0.2) is 15.0 Å². The van der Waals surface area contributed by atoms with Gasteiger partial charge in [0.25, 0.3) is 5.56 Å². The fourth-order valence-corrected chi connectivity index (χ4v) is 4.37. The number of anilines is 1. The maximum absolute atomic E-state index is 13.8. The number of thiazole rings is 1. The van der Waals surface area contributed by atoms with Crippen molar-refractivity contribution >= 4 is 28.2 Å². The van der Waals surface area contributed by atoms with Crippen LogP contribution in [0.2, 0.25) is 0 Å². The Morgan fingerprint density at radius 1 is 1.28 bits per heavy atom. The second-order valence-electron chi connectivity index (χ2n) is 7.47. The third kappa shape index (κ3) is 3.75. The second-order valence-corrected chi connectivity index (χ2v) is 8.19. The molecule has 12 heteroatoms. The van der Waals surface area contributed by atoms with E-state index in [4.69, 9.17) is 0 Å². The molecule has 1 fully saturated rings. The lowest BCUT2D eigenvalue weighted by atomic mass is 10.1. The van der Waals surface area contributed by atoms with Crippen LogP contribution in [-0.2, 0) is 6.18 Å². The van der Waals surface area contributed by atoms with E-state index in [1.807, 2.05) is 0 Å². The number of rotatable bonds is 4. The summed E-state index contributed by atoms with van der Waals surface area (Å²) in [5.74, 6) is 0.565. The van der Waals surface area contributed by atoms with Crippen LogP contribution in [0.3, 0.4) is 0 Å². The summed E-state index contributed by atoms with van der Waals surface area (Å²) in [6.07, 6.45) is 0.837. The van der Waals surface area contributed by atoms with E-state index >= 15 is 0 Å². The Hall–Kier alpha value is -3.25. The smallest absolute Gasteiger partial charge is 0.356 e. The normalized spacial score (nSPS) is 17.0. The minimum absolute atomic E-state index is 0.0293. The summed E-state index contributed by atoms with van der Waals surface area (Å²) in [5, 5.41) is 8.40. The van der Waals surface area contributed by atoms with E-state index in [9.17, 15) is 18.0 Å². The molecule has 1 aliphatic rings. The quantitative estimate of drug-likeness (QED) is 0.431. The van der Waals surface area contributed by atoms with Crippen molar-refractivity contribution < 1.29 is 13.2 Å². The molecule has 0 unspecified atom stereocenters. The Balaban J connectivity index is 1.61. The second kappa shape index (κ2) is 8.02. The van der Waals surface area contributed by atoms with Crippen molar-refractivity contribution in [1.29, 1.82) is 0 Å². The number of halogens is 3. The molecule has 4 aromatic rings. The molecular formula is C20H18F3N7OS. The molecule has 0 bridgehead atoms. The van der Waals surface area contributed by atoms with Gasteiger partial charge in [0, 0.05) is 47.5 Å². The average molecular weight is 461 g/mol. The van der Waals surface area contributed by atoms with Gasteiger partial charge in [-0.3, -0.25) is 9.36 Å². The molecule has 8 nitrogen and oxygen atoms in total. The number of fused-ring (bicyclic) bond motifs is 1. The third-order valence-electron chi connectivity index (χ3n) is 5.39. The number of pyridine rings is 1. The van der Waals surface area contributed by atoms with Crippen LogP contribution in [0.15, 0.2) is 40.3 Å².